The summed E-state index contributed by atoms with van der Waals surface area (Å²) in [4.78, 5) is 11.9. The first-order chi connectivity index (χ1) is 11.1. The third-order valence-corrected chi connectivity index (χ3v) is 3.35. The van der Waals surface area contributed by atoms with Gasteiger partial charge in [-0.1, -0.05) is 47.5 Å². The highest BCUT2D eigenvalue weighted by Crippen LogP contribution is 2.05. The van der Waals surface area contributed by atoms with E-state index >= 15 is 0 Å². The van der Waals surface area contributed by atoms with Crippen LogP contribution in [0.4, 0.5) is 5.69 Å². The van der Waals surface area contributed by atoms with Crippen LogP contribution in [-0.2, 0) is 0 Å². The molecule has 0 aromatic heterocycles. The van der Waals surface area contributed by atoms with Crippen LogP contribution in [-0.4, -0.2) is 16.8 Å². The van der Waals surface area contributed by atoms with Gasteiger partial charge in [0.1, 0.15) is 0 Å². The molecule has 1 amide bonds. The SMILES string of the molecule is CC(=N\NC(=O)c1ccc(C)cc1)/C(Cl)=N/Nc1ccccc1. The maximum Gasteiger partial charge on any atom is 0.271 e. The zero-order chi connectivity index (χ0) is 16.7. The minimum atomic E-state index is -0.301. The number of hydrogen-bond acceptors (Lipinski definition) is 4. The van der Waals surface area contributed by atoms with Crippen LogP contribution in [0.3, 0.4) is 0 Å². The van der Waals surface area contributed by atoms with Gasteiger partial charge in [0.15, 0.2) is 5.17 Å². The van der Waals surface area contributed by atoms with E-state index in [1.807, 2.05) is 49.4 Å². The monoisotopic (exact) mass is 328 g/mol. The Kier molecular flexibility index (Phi) is 5.88. The minimum absolute atomic E-state index is 0.165. The lowest BCUT2D eigenvalue weighted by Gasteiger charge is -2.03. The highest BCUT2D eigenvalue weighted by atomic mass is 35.5. The van der Waals surface area contributed by atoms with Crippen molar-refractivity contribution in [1.82, 2.24) is 5.43 Å². The Balaban J connectivity index is 1.95. The molecule has 0 aliphatic heterocycles. The molecule has 0 aliphatic carbocycles. The van der Waals surface area contributed by atoms with E-state index in [1.165, 1.54) is 0 Å². The molecule has 0 heterocycles. The number of amides is 1. The fourth-order valence-electron chi connectivity index (χ4n) is 1.66. The fraction of sp³-hybridized carbons (Fsp3) is 0.118. The first-order valence-electron chi connectivity index (χ1n) is 7.02. The number of rotatable bonds is 5. The van der Waals surface area contributed by atoms with E-state index in [1.54, 1.807) is 19.1 Å². The summed E-state index contributed by atoms with van der Waals surface area (Å²) in [5.74, 6) is -0.301. The van der Waals surface area contributed by atoms with Gasteiger partial charge < -0.3 is 0 Å². The van der Waals surface area contributed by atoms with Crippen LogP contribution >= 0.6 is 11.6 Å². The number of halogens is 1. The Bertz CT molecular complexity index is 724. The van der Waals surface area contributed by atoms with E-state index in [4.69, 9.17) is 11.6 Å². The summed E-state index contributed by atoms with van der Waals surface area (Å²) in [5, 5.41) is 8.12. The molecule has 0 aliphatic rings. The third kappa shape index (κ3) is 5.23. The number of benzene rings is 2. The molecular formula is C17H17ClN4O. The Morgan fingerprint density at radius 3 is 2.30 bits per heavy atom. The van der Waals surface area contributed by atoms with Gasteiger partial charge in [-0.05, 0) is 38.1 Å². The normalized spacial score (nSPS) is 12.0. The highest BCUT2D eigenvalue weighted by Gasteiger charge is 2.05. The van der Waals surface area contributed by atoms with Gasteiger partial charge in [0.25, 0.3) is 5.91 Å². The number of nitrogens with zero attached hydrogens (tertiary/aromatic N) is 2. The first kappa shape index (κ1) is 16.7. The molecule has 0 saturated carbocycles. The van der Waals surface area contributed by atoms with Crippen LogP contribution in [0, 0.1) is 6.92 Å². The van der Waals surface area contributed by atoms with Crippen LogP contribution in [0.2, 0.25) is 0 Å². The van der Waals surface area contributed by atoms with Gasteiger partial charge in [0, 0.05) is 5.56 Å². The predicted octanol–water partition coefficient (Wildman–Crippen LogP) is 3.77. The average molecular weight is 329 g/mol. The third-order valence-electron chi connectivity index (χ3n) is 2.99. The molecule has 2 aromatic rings. The number of anilines is 1. The molecule has 2 aromatic carbocycles. The highest BCUT2D eigenvalue weighted by molar-refractivity contribution is 6.83. The van der Waals surface area contributed by atoms with Gasteiger partial charge in [0.2, 0.25) is 0 Å². The van der Waals surface area contributed by atoms with Crippen molar-refractivity contribution in [3.8, 4) is 0 Å². The lowest BCUT2D eigenvalue weighted by Crippen LogP contribution is -2.20. The van der Waals surface area contributed by atoms with Gasteiger partial charge in [-0.2, -0.15) is 10.2 Å². The number of nitrogens with one attached hydrogen (secondary N) is 2. The van der Waals surface area contributed by atoms with E-state index in [2.05, 4.69) is 21.1 Å². The predicted molar refractivity (Wildman–Crippen MR) is 95.1 cm³/mol. The largest absolute Gasteiger partial charge is 0.277 e. The zero-order valence-corrected chi connectivity index (χ0v) is 13.6. The molecule has 0 fully saturated rings. The smallest absolute Gasteiger partial charge is 0.271 e. The second kappa shape index (κ2) is 8.10. The van der Waals surface area contributed by atoms with Gasteiger partial charge in [-0.15, -0.1) is 0 Å². The van der Waals surface area contributed by atoms with Crippen molar-refractivity contribution in [3.63, 3.8) is 0 Å². The zero-order valence-electron chi connectivity index (χ0n) is 12.9. The molecule has 0 bridgehead atoms. The molecular weight excluding hydrogens is 312 g/mol. The molecule has 5 nitrogen and oxygen atoms in total. The number of aryl methyl sites for hydroxylation is 1. The van der Waals surface area contributed by atoms with Gasteiger partial charge in [-0.3, -0.25) is 10.2 Å². The summed E-state index contributed by atoms with van der Waals surface area (Å²) in [6.07, 6.45) is 0. The quantitative estimate of drug-likeness (QED) is 0.648. The summed E-state index contributed by atoms with van der Waals surface area (Å²) in [6.45, 7) is 3.62. The Labute approximate surface area is 140 Å². The van der Waals surface area contributed by atoms with Crippen molar-refractivity contribution in [2.45, 2.75) is 13.8 Å². The summed E-state index contributed by atoms with van der Waals surface area (Å²) in [6, 6.07) is 16.6. The molecule has 118 valence electrons. The van der Waals surface area contributed by atoms with Gasteiger partial charge in [-0.25, -0.2) is 5.43 Å². The van der Waals surface area contributed by atoms with Crippen LogP contribution in [0.15, 0.2) is 64.8 Å². The van der Waals surface area contributed by atoms with Crippen LogP contribution < -0.4 is 10.9 Å². The number of hydrazone groups is 2. The topological polar surface area (TPSA) is 65.8 Å². The van der Waals surface area contributed by atoms with E-state index < -0.39 is 0 Å². The molecule has 23 heavy (non-hydrogen) atoms. The Hall–Kier alpha value is -2.66. The maximum absolute atomic E-state index is 11.9. The molecule has 2 rings (SSSR count). The summed E-state index contributed by atoms with van der Waals surface area (Å²) < 4.78 is 0. The van der Waals surface area contributed by atoms with Crippen molar-refractivity contribution in [3.05, 3.63) is 65.7 Å². The van der Waals surface area contributed by atoms with E-state index in [0.717, 1.165) is 11.3 Å². The van der Waals surface area contributed by atoms with Crippen molar-refractivity contribution < 1.29 is 4.79 Å². The molecule has 0 spiro atoms. The number of carbonyl (C=O) groups excluding carboxylic acids is 1. The van der Waals surface area contributed by atoms with Crippen LogP contribution in [0.5, 0.6) is 0 Å². The number of hydrogen-bond donors (Lipinski definition) is 2. The molecule has 0 radical (unpaired) electrons. The van der Waals surface area contributed by atoms with E-state index in [0.29, 0.717) is 11.3 Å². The molecule has 0 unspecified atom stereocenters. The molecule has 0 atom stereocenters. The van der Waals surface area contributed by atoms with Crippen molar-refractivity contribution >= 4 is 34.1 Å². The average Bonchev–Trinajstić information content (AvgIpc) is 2.58. The van der Waals surface area contributed by atoms with Gasteiger partial charge >= 0.3 is 0 Å². The second-order valence-electron chi connectivity index (χ2n) is 4.88. The van der Waals surface area contributed by atoms with Crippen LogP contribution in [0.25, 0.3) is 0 Å². The molecule has 0 saturated heterocycles. The minimum Gasteiger partial charge on any atom is -0.277 e. The summed E-state index contributed by atoms with van der Waals surface area (Å²) >= 11 is 6.04. The van der Waals surface area contributed by atoms with Gasteiger partial charge in [0.05, 0.1) is 11.4 Å². The van der Waals surface area contributed by atoms with Crippen molar-refractivity contribution in [2.24, 2.45) is 10.2 Å². The van der Waals surface area contributed by atoms with E-state index in [9.17, 15) is 4.79 Å². The lowest BCUT2D eigenvalue weighted by molar-refractivity contribution is 0.0955. The lowest BCUT2D eigenvalue weighted by atomic mass is 10.1. The van der Waals surface area contributed by atoms with Crippen LogP contribution in [0.1, 0.15) is 22.8 Å². The van der Waals surface area contributed by atoms with Crippen molar-refractivity contribution in [1.29, 1.82) is 0 Å². The number of carbonyl (C=O) groups is 1. The number of para-hydroxylation sites is 1. The Morgan fingerprint density at radius 1 is 1.00 bits per heavy atom. The molecule has 2 N–H and O–H groups in total. The van der Waals surface area contributed by atoms with E-state index in [-0.39, 0.29) is 11.1 Å². The summed E-state index contributed by atoms with van der Waals surface area (Å²) in [5.41, 5.74) is 8.09. The fourth-order valence-corrected chi connectivity index (χ4v) is 1.74. The maximum atomic E-state index is 11.9. The second-order valence-corrected chi connectivity index (χ2v) is 5.24. The standard InChI is InChI=1S/C17H17ClN4O/c1-12-8-10-14(11-9-12)17(23)22-19-13(2)16(18)21-20-15-6-4-3-5-7-15/h3-11,20H,1-2H3,(H,22,23)/b19-13+,21-16-. The first-order valence-corrected chi connectivity index (χ1v) is 7.40. The molecule has 6 heteroatoms. The summed E-state index contributed by atoms with van der Waals surface area (Å²) in [7, 11) is 0. The van der Waals surface area contributed by atoms with Crippen molar-refractivity contribution in [2.75, 3.05) is 5.43 Å². The Morgan fingerprint density at radius 2 is 1.65 bits per heavy atom.